The van der Waals surface area contributed by atoms with E-state index in [-0.39, 0.29) is 17.6 Å². The first-order valence-corrected chi connectivity index (χ1v) is 6.28. The predicted octanol–water partition coefficient (Wildman–Crippen LogP) is 2.52. The van der Waals surface area contributed by atoms with Gasteiger partial charge in [0.05, 0.1) is 5.69 Å². The maximum Gasteiger partial charge on any atom is 0.253 e. The Hall–Kier alpha value is -1.07. The fourth-order valence-electron chi connectivity index (χ4n) is 1.84. The van der Waals surface area contributed by atoms with E-state index in [0.717, 1.165) is 10.9 Å². The van der Waals surface area contributed by atoms with Crippen molar-refractivity contribution in [3.8, 4) is 5.75 Å². The van der Waals surface area contributed by atoms with Crippen molar-refractivity contribution in [1.82, 2.24) is 0 Å². The zero-order chi connectivity index (χ0) is 12.4. The summed E-state index contributed by atoms with van der Waals surface area (Å²) in [4.78, 5) is 11.9. The highest BCUT2D eigenvalue weighted by Gasteiger charge is 2.31. The molecule has 0 aliphatic carbocycles. The van der Waals surface area contributed by atoms with Gasteiger partial charge in [-0.1, -0.05) is 22.9 Å². The van der Waals surface area contributed by atoms with Crippen molar-refractivity contribution in [3.63, 3.8) is 0 Å². The molecular formula is C12H14BrNO3. The SMILES string of the molecule is C[C@H]1CCO[C@H]1C(=O)Nc1cc(Br)ccc1O. The number of hydrogen-bond acceptors (Lipinski definition) is 3. The summed E-state index contributed by atoms with van der Waals surface area (Å²) in [5, 5.41) is 12.3. The third-order valence-corrected chi connectivity index (χ3v) is 3.36. The minimum absolute atomic E-state index is 0.0483. The first-order chi connectivity index (χ1) is 8.08. The van der Waals surface area contributed by atoms with Gasteiger partial charge in [0.15, 0.2) is 0 Å². The van der Waals surface area contributed by atoms with Crippen LogP contribution in [0.5, 0.6) is 5.75 Å². The van der Waals surface area contributed by atoms with E-state index in [4.69, 9.17) is 4.74 Å². The summed E-state index contributed by atoms with van der Waals surface area (Å²) in [7, 11) is 0. The number of hydrogen-bond donors (Lipinski definition) is 2. The smallest absolute Gasteiger partial charge is 0.253 e. The third kappa shape index (κ3) is 2.79. The molecule has 2 N–H and O–H groups in total. The van der Waals surface area contributed by atoms with E-state index >= 15 is 0 Å². The Balaban J connectivity index is 2.10. The molecule has 0 aromatic heterocycles. The first-order valence-electron chi connectivity index (χ1n) is 5.49. The van der Waals surface area contributed by atoms with Crippen molar-refractivity contribution in [2.45, 2.75) is 19.4 Å². The normalized spacial score (nSPS) is 23.6. The van der Waals surface area contributed by atoms with Gasteiger partial charge >= 0.3 is 0 Å². The molecule has 1 aliphatic heterocycles. The second-order valence-corrected chi connectivity index (χ2v) is 5.12. The summed E-state index contributed by atoms with van der Waals surface area (Å²) >= 11 is 3.29. The summed E-state index contributed by atoms with van der Waals surface area (Å²) < 4.78 is 6.16. The number of amides is 1. The molecule has 1 aromatic rings. The summed E-state index contributed by atoms with van der Waals surface area (Å²) in [6.45, 7) is 2.60. The van der Waals surface area contributed by atoms with Crippen LogP contribution in [-0.4, -0.2) is 23.7 Å². The number of carbonyl (C=O) groups excluding carboxylic acids is 1. The van der Waals surface area contributed by atoms with Crippen molar-refractivity contribution in [2.24, 2.45) is 5.92 Å². The van der Waals surface area contributed by atoms with Gasteiger partial charge in [0, 0.05) is 11.1 Å². The average Bonchev–Trinajstić information content (AvgIpc) is 2.70. The molecule has 17 heavy (non-hydrogen) atoms. The highest BCUT2D eigenvalue weighted by Crippen LogP contribution is 2.28. The van der Waals surface area contributed by atoms with Crippen LogP contribution >= 0.6 is 15.9 Å². The fourth-order valence-corrected chi connectivity index (χ4v) is 2.20. The fraction of sp³-hybridized carbons (Fsp3) is 0.417. The summed E-state index contributed by atoms with van der Waals surface area (Å²) in [5.41, 5.74) is 0.395. The maximum absolute atomic E-state index is 11.9. The first kappa shape index (κ1) is 12.4. The molecule has 1 aliphatic rings. The number of aromatic hydroxyl groups is 1. The lowest BCUT2D eigenvalue weighted by Crippen LogP contribution is -2.31. The van der Waals surface area contributed by atoms with Gasteiger partial charge in [-0.15, -0.1) is 0 Å². The van der Waals surface area contributed by atoms with Gasteiger partial charge < -0.3 is 15.2 Å². The van der Waals surface area contributed by atoms with Gasteiger partial charge in [0.2, 0.25) is 0 Å². The quantitative estimate of drug-likeness (QED) is 0.825. The Morgan fingerprint density at radius 2 is 2.35 bits per heavy atom. The molecular weight excluding hydrogens is 286 g/mol. The zero-order valence-corrected chi connectivity index (χ0v) is 11.0. The van der Waals surface area contributed by atoms with Crippen LogP contribution in [0.3, 0.4) is 0 Å². The topological polar surface area (TPSA) is 58.6 Å². The molecule has 2 atom stereocenters. The molecule has 1 heterocycles. The minimum Gasteiger partial charge on any atom is -0.506 e. The van der Waals surface area contributed by atoms with Crippen LogP contribution in [0.25, 0.3) is 0 Å². The monoisotopic (exact) mass is 299 g/mol. The van der Waals surface area contributed by atoms with E-state index in [9.17, 15) is 9.90 Å². The molecule has 1 amide bonds. The summed E-state index contributed by atoms with van der Waals surface area (Å²) in [6.07, 6.45) is 0.469. The van der Waals surface area contributed by atoms with Crippen molar-refractivity contribution < 1.29 is 14.6 Å². The van der Waals surface area contributed by atoms with Crippen LogP contribution in [0, 0.1) is 5.92 Å². The van der Waals surface area contributed by atoms with Crippen LogP contribution in [0.1, 0.15) is 13.3 Å². The number of benzene rings is 1. The van der Waals surface area contributed by atoms with Crippen LogP contribution < -0.4 is 5.32 Å². The number of carbonyl (C=O) groups is 1. The van der Waals surface area contributed by atoms with Gasteiger partial charge in [-0.2, -0.15) is 0 Å². The van der Waals surface area contributed by atoms with Crippen molar-refractivity contribution >= 4 is 27.5 Å². The molecule has 0 bridgehead atoms. The summed E-state index contributed by atoms with van der Waals surface area (Å²) in [5.74, 6) is 0.0555. The van der Waals surface area contributed by atoms with Gasteiger partial charge in [-0.3, -0.25) is 4.79 Å². The molecule has 1 fully saturated rings. The highest BCUT2D eigenvalue weighted by molar-refractivity contribution is 9.10. The molecule has 0 spiro atoms. The Bertz CT molecular complexity index is 436. The van der Waals surface area contributed by atoms with Gasteiger partial charge in [-0.05, 0) is 30.5 Å². The minimum atomic E-state index is -0.423. The Labute approximate surface area is 108 Å². The lowest BCUT2D eigenvalue weighted by atomic mass is 10.0. The van der Waals surface area contributed by atoms with Crippen LogP contribution in [-0.2, 0) is 9.53 Å². The molecule has 4 nitrogen and oxygen atoms in total. The van der Waals surface area contributed by atoms with E-state index < -0.39 is 6.10 Å². The lowest BCUT2D eigenvalue weighted by Gasteiger charge is -2.15. The number of rotatable bonds is 2. The van der Waals surface area contributed by atoms with E-state index in [2.05, 4.69) is 21.2 Å². The average molecular weight is 300 g/mol. The Morgan fingerprint density at radius 1 is 1.59 bits per heavy atom. The Kier molecular flexibility index (Phi) is 3.69. The van der Waals surface area contributed by atoms with Crippen molar-refractivity contribution in [1.29, 1.82) is 0 Å². The number of halogens is 1. The second-order valence-electron chi connectivity index (χ2n) is 4.21. The molecule has 1 saturated heterocycles. The number of nitrogens with one attached hydrogen (secondary N) is 1. The van der Waals surface area contributed by atoms with Gasteiger partial charge in [0.25, 0.3) is 5.91 Å². The van der Waals surface area contributed by atoms with E-state index in [1.54, 1.807) is 12.1 Å². The van der Waals surface area contributed by atoms with Crippen LogP contribution in [0.15, 0.2) is 22.7 Å². The van der Waals surface area contributed by atoms with Crippen molar-refractivity contribution in [3.05, 3.63) is 22.7 Å². The molecule has 0 unspecified atom stereocenters. The zero-order valence-electron chi connectivity index (χ0n) is 9.44. The van der Waals surface area contributed by atoms with Gasteiger partial charge in [0.1, 0.15) is 11.9 Å². The van der Waals surface area contributed by atoms with E-state index in [1.807, 2.05) is 6.92 Å². The Morgan fingerprint density at radius 3 is 3.00 bits per heavy atom. The third-order valence-electron chi connectivity index (χ3n) is 2.86. The summed E-state index contributed by atoms with van der Waals surface area (Å²) in [6, 6.07) is 4.89. The standard InChI is InChI=1S/C12H14BrNO3/c1-7-4-5-17-11(7)12(16)14-9-6-8(13)2-3-10(9)15/h2-3,6-7,11,15H,4-5H2,1H3,(H,14,16)/t7-,11+/m0/s1. The number of anilines is 1. The molecule has 2 rings (SSSR count). The molecule has 0 saturated carbocycles. The maximum atomic E-state index is 11.9. The highest BCUT2D eigenvalue weighted by atomic mass is 79.9. The molecule has 5 heteroatoms. The van der Waals surface area contributed by atoms with E-state index in [0.29, 0.717) is 12.3 Å². The van der Waals surface area contributed by atoms with Crippen LogP contribution in [0.2, 0.25) is 0 Å². The van der Waals surface area contributed by atoms with Gasteiger partial charge in [-0.25, -0.2) is 0 Å². The number of ether oxygens (including phenoxy) is 1. The van der Waals surface area contributed by atoms with E-state index in [1.165, 1.54) is 6.07 Å². The molecule has 92 valence electrons. The second kappa shape index (κ2) is 5.06. The molecule has 0 radical (unpaired) electrons. The number of phenolic OH excluding ortho intramolecular Hbond substituents is 1. The molecule has 1 aromatic carbocycles. The predicted molar refractivity (Wildman–Crippen MR) is 68.0 cm³/mol. The largest absolute Gasteiger partial charge is 0.506 e. The van der Waals surface area contributed by atoms with Crippen molar-refractivity contribution in [2.75, 3.05) is 11.9 Å². The lowest BCUT2D eigenvalue weighted by molar-refractivity contribution is -0.126. The van der Waals surface area contributed by atoms with Crippen LogP contribution in [0.4, 0.5) is 5.69 Å². The number of phenols is 1.